The first-order valence-corrected chi connectivity index (χ1v) is 14.7. The van der Waals surface area contributed by atoms with Crippen molar-refractivity contribution in [1.29, 1.82) is 0 Å². The molecule has 0 aliphatic carbocycles. The molecule has 2 saturated heterocycles. The van der Waals surface area contributed by atoms with Crippen LogP contribution in [0.15, 0.2) is 12.3 Å². The van der Waals surface area contributed by atoms with Crippen molar-refractivity contribution >= 4 is 22.8 Å². The quantitative estimate of drug-likeness (QED) is 0.324. The Bertz CT molecular complexity index is 1260. The molecule has 5 rings (SSSR count). The normalized spacial score (nSPS) is 18.3. The van der Waals surface area contributed by atoms with E-state index < -0.39 is 0 Å². The van der Waals surface area contributed by atoms with Gasteiger partial charge in [-0.25, -0.2) is 4.98 Å². The molecule has 3 aromatic heterocycles. The Morgan fingerprint density at radius 3 is 2.65 bits per heavy atom. The first-order chi connectivity index (χ1) is 19.5. The summed E-state index contributed by atoms with van der Waals surface area (Å²) < 4.78 is 13.3. The molecule has 1 atom stereocenters. The molecule has 11 heteroatoms. The van der Waals surface area contributed by atoms with E-state index in [1.54, 1.807) is 7.11 Å². The molecular weight excluding hydrogens is 508 g/mol. The molecule has 3 aromatic rings. The topological polar surface area (TPSA) is 136 Å². The SMILES string of the molecule is CCC[C@@H](CCO)Nc1nc(N)nc2c(C)nn(Cc3cnc(C4CCN(C5CCOCC5)CC4)cc3OC)c12. The summed E-state index contributed by atoms with van der Waals surface area (Å²) in [5, 5.41) is 17.9. The molecule has 0 aromatic carbocycles. The van der Waals surface area contributed by atoms with Gasteiger partial charge in [-0.1, -0.05) is 13.3 Å². The van der Waals surface area contributed by atoms with Gasteiger partial charge in [0.05, 0.1) is 19.3 Å². The molecular formula is C29H44N8O3. The summed E-state index contributed by atoms with van der Waals surface area (Å²) in [6.45, 7) is 8.60. The maximum Gasteiger partial charge on any atom is 0.222 e. The van der Waals surface area contributed by atoms with E-state index in [-0.39, 0.29) is 18.6 Å². The van der Waals surface area contributed by atoms with Crippen molar-refractivity contribution in [2.75, 3.05) is 51.1 Å². The average molecular weight is 553 g/mol. The van der Waals surface area contributed by atoms with Crippen molar-refractivity contribution in [1.82, 2.24) is 29.6 Å². The molecule has 5 heterocycles. The highest BCUT2D eigenvalue weighted by atomic mass is 16.5. The number of nitrogens with zero attached hydrogens (tertiary/aromatic N) is 6. The minimum Gasteiger partial charge on any atom is -0.496 e. The summed E-state index contributed by atoms with van der Waals surface area (Å²) >= 11 is 0. The zero-order valence-corrected chi connectivity index (χ0v) is 24.1. The fraction of sp³-hybridized carbons (Fsp3) is 0.655. The number of nitrogens with two attached hydrogens (primary N) is 1. The largest absolute Gasteiger partial charge is 0.496 e. The third kappa shape index (κ3) is 6.31. The van der Waals surface area contributed by atoms with Gasteiger partial charge in [0.25, 0.3) is 0 Å². The molecule has 0 radical (unpaired) electrons. The lowest BCUT2D eigenvalue weighted by atomic mass is 9.91. The number of aliphatic hydroxyl groups excluding tert-OH is 1. The Morgan fingerprint density at radius 1 is 1.18 bits per heavy atom. The predicted octanol–water partition coefficient (Wildman–Crippen LogP) is 3.49. The van der Waals surface area contributed by atoms with Crippen LogP contribution in [0, 0.1) is 6.92 Å². The van der Waals surface area contributed by atoms with Crippen molar-refractivity contribution in [3.63, 3.8) is 0 Å². The summed E-state index contributed by atoms with van der Waals surface area (Å²) in [7, 11) is 1.71. The van der Waals surface area contributed by atoms with Crippen molar-refractivity contribution in [3.05, 3.63) is 29.2 Å². The molecule has 218 valence electrons. The van der Waals surface area contributed by atoms with Gasteiger partial charge in [-0.05, 0) is 58.5 Å². The fourth-order valence-electron chi connectivity index (χ4n) is 6.23. The molecule has 11 nitrogen and oxygen atoms in total. The second kappa shape index (κ2) is 13.1. The molecule has 4 N–H and O–H groups in total. The molecule has 2 aliphatic heterocycles. The number of likely N-dealkylation sites (tertiary alicyclic amines) is 1. The maximum absolute atomic E-state index is 9.57. The van der Waals surface area contributed by atoms with E-state index in [1.165, 1.54) is 0 Å². The van der Waals surface area contributed by atoms with Gasteiger partial charge in [-0.2, -0.15) is 10.1 Å². The van der Waals surface area contributed by atoms with Gasteiger partial charge in [0.1, 0.15) is 16.8 Å². The summed E-state index contributed by atoms with van der Waals surface area (Å²) in [5.74, 6) is 2.08. The number of hydrogen-bond donors (Lipinski definition) is 3. The molecule has 0 bridgehead atoms. The summed E-state index contributed by atoms with van der Waals surface area (Å²) in [6, 6.07) is 2.84. The van der Waals surface area contributed by atoms with Gasteiger partial charge >= 0.3 is 0 Å². The monoisotopic (exact) mass is 552 g/mol. The van der Waals surface area contributed by atoms with E-state index in [2.05, 4.69) is 33.2 Å². The second-order valence-corrected chi connectivity index (χ2v) is 11.1. The van der Waals surface area contributed by atoms with Crippen LogP contribution in [0.3, 0.4) is 0 Å². The van der Waals surface area contributed by atoms with Crippen LogP contribution < -0.4 is 15.8 Å². The predicted molar refractivity (Wildman–Crippen MR) is 156 cm³/mol. The lowest BCUT2D eigenvalue weighted by Crippen LogP contribution is -2.43. The minimum atomic E-state index is 0.0736. The van der Waals surface area contributed by atoms with Gasteiger partial charge < -0.3 is 30.5 Å². The standard InChI is InChI=1S/C29H44N8O3/c1-4-5-22(8-13-38)32-28-27-26(33-29(30)34-28)19(2)35-37(27)18-21-17-31-24(16-25(21)39-3)20-6-11-36(12-7-20)23-9-14-40-15-10-23/h16-17,20,22-23,38H,4-15,18H2,1-3H3,(H3,30,32,33,34)/t22-/m0/s1. The van der Waals surface area contributed by atoms with Crippen molar-refractivity contribution in [2.45, 2.75) is 83.3 Å². The highest BCUT2D eigenvalue weighted by molar-refractivity contribution is 5.88. The van der Waals surface area contributed by atoms with Crippen LogP contribution in [0.25, 0.3) is 11.0 Å². The number of fused-ring (bicyclic) bond motifs is 1. The third-order valence-corrected chi connectivity index (χ3v) is 8.39. The molecule has 40 heavy (non-hydrogen) atoms. The van der Waals surface area contributed by atoms with Gasteiger partial charge in [0.15, 0.2) is 5.82 Å². The van der Waals surface area contributed by atoms with Crippen LogP contribution in [-0.2, 0) is 11.3 Å². The summed E-state index contributed by atoms with van der Waals surface area (Å²) in [6.07, 6.45) is 8.95. The first-order valence-electron chi connectivity index (χ1n) is 14.7. The van der Waals surface area contributed by atoms with Crippen LogP contribution in [0.1, 0.15) is 74.7 Å². The van der Waals surface area contributed by atoms with Gasteiger partial charge in [-0.3, -0.25) is 9.67 Å². The molecule has 2 aliphatic rings. The number of ether oxygens (including phenoxy) is 2. The van der Waals surface area contributed by atoms with Crippen LogP contribution in [-0.4, -0.2) is 86.8 Å². The molecule has 0 saturated carbocycles. The molecule has 0 spiro atoms. The third-order valence-electron chi connectivity index (χ3n) is 8.39. The number of piperidine rings is 1. The number of rotatable bonds is 11. The fourth-order valence-corrected chi connectivity index (χ4v) is 6.23. The summed E-state index contributed by atoms with van der Waals surface area (Å²) in [4.78, 5) is 16.6. The van der Waals surface area contributed by atoms with Crippen LogP contribution >= 0.6 is 0 Å². The average Bonchev–Trinajstić information content (AvgIpc) is 3.28. The molecule has 0 unspecified atom stereocenters. The number of aliphatic hydroxyl groups is 1. The Morgan fingerprint density at radius 2 is 1.95 bits per heavy atom. The highest BCUT2D eigenvalue weighted by Gasteiger charge is 2.28. The Labute approximate surface area is 236 Å². The lowest BCUT2D eigenvalue weighted by molar-refractivity contribution is 0.0250. The lowest BCUT2D eigenvalue weighted by Gasteiger charge is -2.39. The van der Waals surface area contributed by atoms with E-state index in [4.69, 9.17) is 25.3 Å². The second-order valence-electron chi connectivity index (χ2n) is 11.1. The van der Waals surface area contributed by atoms with E-state index in [1.807, 2.05) is 17.8 Å². The Balaban J connectivity index is 1.36. The van der Waals surface area contributed by atoms with Gasteiger partial charge in [-0.15, -0.1) is 0 Å². The van der Waals surface area contributed by atoms with E-state index in [9.17, 15) is 5.11 Å². The van der Waals surface area contributed by atoms with Crippen LogP contribution in [0.5, 0.6) is 5.75 Å². The molecule has 2 fully saturated rings. The zero-order valence-electron chi connectivity index (χ0n) is 24.1. The maximum atomic E-state index is 9.57. The number of anilines is 2. The van der Waals surface area contributed by atoms with Crippen LogP contribution in [0.2, 0.25) is 0 Å². The smallest absolute Gasteiger partial charge is 0.222 e. The van der Waals surface area contributed by atoms with Crippen LogP contribution in [0.4, 0.5) is 11.8 Å². The van der Waals surface area contributed by atoms with E-state index in [0.29, 0.717) is 36.3 Å². The van der Waals surface area contributed by atoms with E-state index >= 15 is 0 Å². The molecule has 0 amide bonds. The number of nitrogen functional groups attached to an aromatic ring is 1. The highest BCUT2D eigenvalue weighted by Crippen LogP contribution is 2.33. The number of aromatic nitrogens is 5. The number of hydrogen-bond acceptors (Lipinski definition) is 10. The van der Waals surface area contributed by atoms with Gasteiger partial charge in [0.2, 0.25) is 5.95 Å². The number of nitrogens with one attached hydrogen (secondary N) is 1. The zero-order chi connectivity index (χ0) is 28.1. The summed E-state index contributed by atoms with van der Waals surface area (Å²) in [5.41, 5.74) is 10.4. The number of pyridine rings is 1. The minimum absolute atomic E-state index is 0.0736. The van der Waals surface area contributed by atoms with Crippen molar-refractivity contribution < 1.29 is 14.6 Å². The number of methoxy groups -OCH3 is 1. The van der Waals surface area contributed by atoms with E-state index in [0.717, 1.165) is 93.0 Å². The first kappa shape index (κ1) is 28.5. The Kier molecular flexibility index (Phi) is 9.33. The van der Waals surface area contributed by atoms with Crippen molar-refractivity contribution in [3.8, 4) is 5.75 Å². The number of aryl methyl sites for hydroxylation is 1. The Hall–Kier alpha value is -3.02. The van der Waals surface area contributed by atoms with Gasteiger partial charge in [0, 0.05) is 61.3 Å². The van der Waals surface area contributed by atoms with Crippen molar-refractivity contribution in [2.24, 2.45) is 0 Å².